The van der Waals surface area contributed by atoms with E-state index in [1.165, 1.54) is 25.7 Å². The fraction of sp³-hybridized carbons (Fsp3) is 0.405. The Morgan fingerprint density at radius 1 is 1.00 bits per heavy atom. The van der Waals surface area contributed by atoms with Crippen LogP contribution in [0.15, 0.2) is 60.8 Å². The first kappa shape index (κ1) is 25.8. The predicted octanol–water partition coefficient (Wildman–Crippen LogP) is 6.34. The SMILES string of the molecule is Cc1c(-c2cc3ccc(-c4ccc(N5CCCC5=O)cc4)nc3n2CC2CC2)nn2cc(C(=O)N3CC4CC5CC3[C@H]54)ccc12. The molecular formula is C37H36N6O2. The van der Waals surface area contributed by atoms with Crippen molar-refractivity contribution in [2.75, 3.05) is 18.0 Å². The summed E-state index contributed by atoms with van der Waals surface area (Å²) in [5, 5.41) is 6.21. The average Bonchev–Trinajstić information content (AvgIpc) is 3.52. The maximum Gasteiger partial charge on any atom is 0.255 e. The van der Waals surface area contributed by atoms with E-state index in [4.69, 9.17) is 10.1 Å². The van der Waals surface area contributed by atoms with Crippen LogP contribution in [0.3, 0.4) is 0 Å². The summed E-state index contributed by atoms with van der Waals surface area (Å²) in [5.41, 5.74) is 8.79. The fourth-order valence-electron chi connectivity index (χ4n) is 8.87. The Morgan fingerprint density at radius 2 is 1.87 bits per heavy atom. The van der Waals surface area contributed by atoms with Crippen LogP contribution in [0, 0.1) is 30.6 Å². The second-order valence-corrected chi connectivity index (χ2v) is 14.2. The maximum atomic E-state index is 13.6. The van der Waals surface area contributed by atoms with Gasteiger partial charge in [-0.2, -0.15) is 5.10 Å². The molecule has 8 heteroatoms. The zero-order chi connectivity index (χ0) is 30.0. The first-order valence-corrected chi connectivity index (χ1v) is 16.7. The van der Waals surface area contributed by atoms with Gasteiger partial charge in [-0.05, 0) is 105 Å². The highest BCUT2D eigenvalue weighted by atomic mass is 16.2. The smallest absolute Gasteiger partial charge is 0.255 e. The Hall–Kier alpha value is -4.46. The van der Waals surface area contributed by atoms with E-state index in [9.17, 15) is 9.59 Å². The van der Waals surface area contributed by atoms with E-state index in [-0.39, 0.29) is 11.8 Å². The number of pyridine rings is 2. The number of benzene rings is 1. The zero-order valence-corrected chi connectivity index (χ0v) is 25.5. The van der Waals surface area contributed by atoms with Crippen LogP contribution in [0.5, 0.6) is 0 Å². The van der Waals surface area contributed by atoms with Gasteiger partial charge in [-0.3, -0.25) is 9.59 Å². The molecule has 2 aliphatic heterocycles. The van der Waals surface area contributed by atoms with Gasteiger partial charge in [-0.1, -0.05) is 12.1 Å². The summed E-state index contributed by atoms with van der Waals surface area (Å²) in [6.07, 6.45) is 8.47. The molecule has 8 nitrogen and oxygen atoms in total. The average molecular weight is 597 g/mol. The van der Waals surface area contributed by atoms with Crippen molar-refractivity contribution in [3.05, 3.63) is 71.9 Å². The Kier molecular flexibility index (Phi) is 5.33. The number of likely N-dealkylation sites (tertiary alicyclic amines) is 1. The molecule has 2 saturated heterocycles. The van der Waals surface area contributed by atoms with Gasteiger partial charge in [0, 0.05) is 60.5 Å². The molecule has 3 saturated carbocycles. The van der Waals surface area contributed by atoms with Crippen LogP contribution < -0.4 is 4.90 Å². The molecule has 0 bridgehead atoms. The number of fused-ring (bicyclic) bond motifs is 2. The maximum absolute atomic E-state index is 13.6. The predicted molar refractivity (Wildman–Crippen MR) is 173 cm³/mol. The lowest BCUT2D eigenvalue weighted by Crippen LogP contribution is -2.53. The zero-order valence-electron chi connectivity index (χ0n) is 25.5. The van der Waals surface area contributed by atoms with Crippen molar-refractivity contribution < 1.29 is 9.59 Å². The Balaban J connectivity index is 1.01. The molecule has 3 aliphatic carbocycles. The highest BCUT2D eigenvalue weighted by molar-refractivity contribution is 5.96. The number of amides is 2. The second kappa shape index (κ2) is 9.28. The Bertz CT molecular complexity index is 2050. The quantitative estimate of drug-likeness (QED) is 0.229. The first-order valence-electron chi connectivity index (χ1n) is 16.7. The van der Waals surface area contributed by atoms with Gasteiger partial charge in [0.15, 0.2) is 0 Å². The van der Waals surface area contributed by atoms with Gasteiger partial charge in [0.05, 0.1) is 22.5 Å². The molecule has 6 heterocycles. The third kappa shape index (κ3) is 3.83. The lowest BCUT2D eigenvalue weighted by Gasteiger charge is -2.52. The molecule has 1 aromatic carbocycles. The van der Waals surface area contributed by atoms with Crippen LogP contribution in [-0.4, -0.2) is 55.0 Å². The Morgan fingerprint density at radius 3 is 2.62 bits per heavy atom. The monoisotopic (exact) mass is 596 g/mol. The van der Waals surface area contributed by atoms with E-state index in [0.29, 0.717) is 18.4 Å². The molecule has 0 N–H and O–H groups in total. The number of anilines is 1. The van der Waals surface area contributed by atoms with Crippen LogP contribution in [0.25, 0.3) is 39.2 Å². The van der Waals surface area contributed by atoms with Gasteiger partial charge in [0.25, 0.3) is 5.91 Å². The van der Waals surface area contributed by atoms with Gasteiger partial charge >= 0.3 is 0 Å². The number of hydrogen-bond acceptors (Lipinski definition) is 4. The number of carbonyl (C=O) groups is 2. The molecule has 0 radical (unpaired) electrons. The number of rotatable bonds is 6. The molecule has 2 amide bonds. The van der Waals surface area contributed by atoms with E-state index in [1.54, 1.807) is 0 Å². The minimum Gasteiger partial charge on any atom is -0.335 e. The largest absolute Gasteiger partial charge is 0.335 e. The van der Waals surface area contributed by atoms with E-state index in [0.717, 1.165) is 99.8 Å². The topological polar surface area (TPSA) is 75.7 Å². The fourth-order valence-corrected chi connectivity index (χ4v) is 8.87. The molecule has 45 heavy (non-hydrogen) atoms. The summed E-state index contributed by atoms with van der Waals surface area (Å²) in [7, 11) is 0. The van der Waals surface area contributed by atoms with Crippen molar-refractivity contribution in [3.8, 4) is 22.6 Å². The summed E-state index contributed by atoms with van der Waals surface area (Å²) in [6.45, 7) is 4.77. The van der Waals surface area contributed by atoms with Gasteiger partial charge in [0.2, 0.25) is 5.91 Å². The van der Waals surface area contributed by atoms with E-state index < -0.39 is 0 Å². The number of carbonyl (C=O) groups excluding carboxylic acids is 2. The second-order valence-electron chi connectivity index (χ2n) is 14.2. The molecule has 5 aliphatic rings. The van der Waals surface area contributed by atoms with Crippen LogP contribution >= 0.6 is 0 Å². The van der Waals surface area contributed by atoms with Crippen molar-refractivity contribution >= 4 is 34.1 Å². The summed E-state index contributed by atoms with van der Waals surface area (Å²) < 4.78 is 4.28. The summed E-state index contributed by atoms with van der Waals surface area (Å²) >= 11 is 0. The molecule has 10 rings (SSSR count). The van der Waals surface area contributed by atoms with Crippen molar-refractivity contribution in [1.29, 1.82) is 0 Å². The van der Waals surface area contributed by atoms with Crippen LogP contribution in [-0.2, 0) is 11.3 Å². The normalized spacial score (nSPS) is 25.2. The third-order valence-corrected chi connectivity index (χ3v) is 11.6. The minimum absolute atomic E-state index is 0.157. The number of hydrogen-bond donors (Lipinski definition) is 0. The number of aromatic nitrogens is 4. The van der Waals surface area contributed by atoms with Crippen LogP contribution in [0.1, 0.15) is 54.4 Å². The molecule has 4 aromatic heterocycles. The molecular weight excluding hydrogens is 560 g/mol. The van der Waals surface area contributed by atoms with E-state index in [1.807, 2.05) is 33.8 Å². The van der Waals surface area contributed by atoms with Crippen molar-refractivity contribution in [2.45, 2.75) is 58.0 Å². The lowest BCUT2D eigenvalue weighted by molar-refractivity contribution is -0.117. The van der Waals surface area contributed by atoms with E-state index in [2.05, 4.69) is 52.8 Å². The molecule has 3 unspecified atom stereocenters. The van der Waals surface area contributed by atoms with Gasteiger partial charge in [-0.25, -0.2) is 9.50 Å². The standard InChI is InChI=1S/C37H36N6O2/c1-21-30-13-9-25(37(45)42-19-27-15-26-17-31(42)34(26)27)20-43(30)39-35(21)32-16-24-8-12-29(38-36(24)41(32)18-22-4-5-22)23-6-10-28(11-7-23)40-14-2-3-33(40)44/h6-13,16,20,22,26-27,31,34H,2-5,14-15,17-19H2,1H3/t26?,27?,31?,34-/m1/s1. The van der Waals surface area contributed by atoms with Crippen molar-refractivity contribution in [3.63, 3.8) is 0 Å². The minimum atomic E-state index is 0.157. The summed E-state index contributed by atoms with van der Waals surface area (Å²) in [5.74, 6) is 3.38. The van der Waals surface area contributed by atoms with Crippen molar-refractivity contribution in [2.24, 2.45) is 23.7 Å². The lowest BCUT2D eigenvalue weighted by atomic mass is 9.53. The third-order valence-electron chi connectivity index (χ3n) is 11.6. The Labute approximate surface area is 261 Å². The summed E-state index contributed by atoms with van der Waals surface area (Å²) in [4.78, 5) is 35.1. The number of nitrogens with zero attached hydrogens (tertiary/aromatic N) is 6. The molecule has 226 valence electrons. The van der Waals surface area contributed by atoms with Crippen molar-refractivity contribution in [1.82, 2.24) is 24.1 Å². The van der Waals surface area contributed by atoms with Crippen LogP contribution in [0.4, 0.5) is 5.69 Å². The van der Waals surface area contributed by atoms with Gasteiger partial charge < -0.3 is 14.4 Å². The molecule has 5 fully saturated rings. The van der Waals surface area contributed by atoms with Crippen LogP contribution in [0.2, 0.25) is 0 Å². The first-order chi connectivity index (χ1) is 22.0. The molecule has 4 atom stereocenters. The highest BCUT2D eigenvalue weighted by Gasteiger charge is 2.61. The van der Waals surface area contributed by atoms with E-state index >= 15 is 0 Å². The molecule has 0 spiro atoms. The summed E-state index contributed by atoms with van der Waals surface area (Å²) in [6, 6.07) is 19.2. The number of aryl methyl sites for hydroxylation is 1. The highest BCUT2D eigenvalue weighted by Crippen LogP contribution is 2.60. The van der Waals surface area contributed by atoms with Gasteiger partial charge in [-0.15, -0.1) is 0 Å². The van der Waals surface area contributed by atoms with Gasteiger partial charge in [0.1, 0.15) is 11.3 Å². The molecule has 5 aromatic rings.